The maximum atomic E-state index is 12.0. The van der Waals surface area contributed by atoms with E-state index in [9.17, 15) is 9.59 Å². The van der Waals surface area contributed by atoms with Gasteiger partial charge in [0.25, 0.3) is 0 Å². The zero-order chi connectivity index (χ0) is 17.5. The lowest BCUT2D eigenvalue weighted by Crippen LogP contribution is -2.35. The number of rotatable bonds is 6. The second-order valence-electron chi connectivity index (χ2n) is 6.62. The van der Waals surface area contributed by atoms with Gasteiger partial charge in [0.2, 0.25) is 5.91 Å². The number of amides is 2. The summed E-state index contributed by atoms with van der Waals surface area (Å²) < 4.78 is 5.12. The Morgan fingerprint density at radius 2 is 1.78 bits per heavy atom. The first kappa shape index (κ1) is 19.0. The van der Waals surface area contributed by atoms with Crippen molar-refractivity contribution in [2.75, 3.05) is 6.54 Å². The fraction of sp³-hybridized carbons (Fsp3) is 0.556. The lowest BCUT2D eigenvalue weighted by atomic mass is 10.0. The highest BCUT2D eigenvalue weighted by Crippen LogP contribution is 2.17. The maximum Gasteiger partial charge on any atom is 0.407 e. The molecule has 0 aliphatic rings. The van der Waals surface area contributed by atoms with Crippen molar-refractivity contribution in [3.8, 4) is 0 Å². The SMILES string of the molecule is CCC(NC(=O)CCNC(=O)OC(C)(C)C)c1ccc(C)cc1. The van der Waals surface area contributed by atoms with Crippen LogP contribution in [0.1, 0.15) is 57.7 Å². The van der Waals surface area contributed by atoms with Crippen LogP contribution in [-0.4, -0.2) is 24.1 Å². The van der Waals surface area contributed by atoms with E-state index in [1.54, 1.807) is 20.8 Å². The average Bonchev–Trinajstić information content (AvgIpc) is 2.44. The Morgan fingerprint density at radius 1 is 1.17 bits per heavy atom. The van der Waals surface area contributed by atoms with Crippen LogP contribution in [-0.2, 0) is 9.53 Å². The number of ether oxygens (including phenoxy) is 1. The molecule has 1 aromatic rings. The summed E-state index contributed by atoms with van der Waals surface area (Å²) in [6.07, 6.45) is 0.534. The number of benzene rings is 1. The Hall–Kier alpha value is -2.04. The number of carbonyl (C=O) groups excluding carboxylic acids is 2. The highest BCUT2D eigenvalue weighted by atomic mass is 16.6. The zero-order valence-corrected chi connectivity index (χ0v) is 14.7. The molecule has 1 atom stereocenters. The van der Waals surface area contributed by atoms with Crippen molar-refractivity contribution in [2.45, 2.75) is 59.1 Å². The molecule has 5 heteroatoms. The summed E-state index contributed by atoms with van der Waals surface area (Å²) in [6, 6.07) is 8.12. The normalized spacial score (nSPS) is 12.4. The van der Waals surface area contributed by atoms with Gasteiger partial charge in [-0.15, -0.1) is 0 Å². The largest absolute Gasteiger partial charge is 0.444 e. The second-order valence-corrected chi connectivity index (χ2v) is 6.62. The van der Waals surface area contributed by atoms with Crippen LogP contribution < -0.4 is 10.6 Å². The molecule has 0 fully saturated rings. The zero-order valence-electron chi connectivity index (χ0n) is 14.7. The molecule has 23 heavy (non-hydrogen) atoms. The minimum absolute atomic E-state index is 0.00960. The summed E-state index contributed by atoms with van der Waals surface area (Å²) in [6.45, 7) is 9.71. The number of nitrogens with one attached hydrogen (secondary N) is 2. The monoisotopic (exact) mass is 320 g/mol. The average molecular weight is 320 g/mol. The van der Waals surface area contributed by atoms with Crippen molar-refractivity contribution in [2.24, 2.45) is 0 Å². The third-order valence-electron chi connectivity index (χ3n) is 3.24. The first-order valence-corrected chi connectivity index (χ1v) is 8.04. The maximum absolute atomic E-state index is 12.0. The summed E-state index contributed by atoms with van der Waals surface area (Å²) in [4.78, 5) is 23.5. The van der Waals surface area contributed by atoms with Gasteiger partial charge in [-0.3, -0.25) is 4.79 Å². The van der Waals surface area contributed by atoms with Gasteiger partial charge in [0.05, 0.1) is 6.04 Å². The summed E-state index contributed by atoms with van der Waals surface area (Å²) >= 11 is 0. The van der Waals surface area contributed by atoms with Crippen molar-refractivity contribution >= 4 is 12.0 Å². The molecule has 5 nitrogen and oxygen atoms in total. The summed E-state index contributed by atoms with van der Waals surface area (Å²) in [5.41, 5.74) is 1.74. The van der Waals surface area contributed by atoms with Gasteiger partial charge in [-0.05, 0) is 39.7 Å². The fourth-order valence-electron chi connectivity index (χ4n) is 2.08. The number of carbonyl (C=O) groups is 2. The molecule has 0 saturated carbocycles. The molecule has 0 aliphatic heterocycles. The molecular formula is C18H28N2O3. The molecular weight excluding hydrogens is 292 g/mol. The van der Waals surface area contributed by atoms with Gasteiger partial charge in [-0.1, -0.05) is 36.8 Å². The number of hydrogen-bond donors (Lipinski definition) is 2. The standard InChI is InChI=1S/C18H28N2O3/c1-6-15(14-9-7-13(2)8-10-14)20-16(21)11-12-19-17(22)23-18(3,4)5/h7-10,15H,6,11-12H2,1-5H3,(H,19,22)(H,20,21). The molecule has 2 N–H and O–H groups in total. The topological polar surface area (TPSA) is 67.4 Å². The predicted octanol–water partition coefficient (Wildman–Crippen LogP) is 3.48. The van der Waals surface area contributed by atoms with Crippen LogP contribution in [0.3, 0.4) is 0 Å². The third-order valence-corrected chi connectivity index (χ3v) is 3.24. The molecule has 0 radical (unpaired) electrons. The van der Waals surface area contributed by atoms with Crippen molar-refractivity contribution < 1.29 is 14.3 Å². The lowest BCUT2D eigenvalue weighted by molar-refractivity contribution is -0.121. The molecule has 0 heterocycles. The van der Waals surface area contributed by atoms with Gasteiger partial charge < -0.3 is 15.4 Å². The van der Waals surface area contributed by atoms with E-state index in [1.807, 2.05) is 38.1 Å². The lowest BCUT2D eigenvalue weighted by Gasteiger charge is -2.20. The van der Waals surface area contributed by atoms with Gasteiger partial charge >= 0.3 is 6.09 Å². The molecule has 1 unspecified atom stereocenters. The van der Waals surface area contributed by atoms with E-state index in [0.29, 0.717) is 0 Å². The Kier molecular flexibility index (Phi) is 7.07. The van der Waals surface area contributed by atoms with Gasteiger partial charge in [0.15, 0.2) is 0 Å². The Labute approximate surface area is 138 Å². The molecule has 0 bridgehead atoms. The van der Waals surface area contributed by atoms with Crippen LogP contribution in [0.15, 0.2) is 24.3 Å². The van der Waals surface area contributed by atoms with E-state index in [-0.39, 0.29) is 24.9 Å². The van der Waals surface area contributed by atoms with E-state index < -0.39 is 11.7 Å². The molecule has 128 valence electrons. The van der Waals surface area contributed by atoms with Crippen LogP contribution in [0.25, 0.3) is 0 Å². The number of hydrogen-bond acceptors (Lipinski definition) is 3. The fourth-order valence-corrected chi connectivity index (χ4v) is 2.08. The molecule has 1 rings (SSSR count). The van der Waals surface area contributed by atoms with Crippen molar-refractivity contribution in [3.63, 3.8) is 0 Å². The second kappa shape index (κ2) is 8.56. The van der Waals surface area contributed by atoms with Gasteiger partial charge in [0.1, 0.15) is 5.60 Å². The Balaban J connectivity index is 2.40. The minimum Gasteiger partial charge on any atom is -0.444 e. The molecule has 0 aliphatic carbocycles. The first-order valence-electron chi connectivity index (χ1n) is 8.04. The van der Waals surface area contributed by atoms with Crippen LogP contribution >= 0.6 is 0 Å². The quantitative estimate of drug-likeness (QED) is 0.843. The number of alkyl carbamates (subject to hydrolysis) is 1. The Bertz CT molecular complexity index is 518. The Morgan fingerprint density at radius 3 is 2.30 bits per heavy atom. The molecule has 0 saturated heterocycles. The van der Waals surface area contributed by atoms with Crippen molar-refractivity contribution in [1.82, 2.24) is 10.6 Å². The van der Waals surface area contributed by atoms with E-state index in [0.717, 1.165) is 12.0 Å². The predicted molar refractivity (Wildman–Crippen MR) is 91.2 cm³/mol. The van der Waals surface area contributed by atoms with E-state index in [4.69, 9.17) is 4.74 Å². The van der Waals surface area contributed by atoms with Gasteiger partial charge in [-0.25, -0.2) is 4.79 Å². The smallest absolute Gasteiger partial charge is 0.407 e. The van der Waals surface area contributed by atoms with Crippen LogP contribution in [0.5, 0.6) is 0 Å². The van der Waals surface area contributed by atoms with E-state index in [2.05, 4.69) is 10.6 Å². The molecule has 0 aromatic heterocycles. The summed E-state index contributed by atoms with van der Waals surface area (Å²) in [7, 11) is 0. The highest BCUT2D eigenvalue weighted by Gasteiger charge is 2.16. The van der Waals surface area contributed by atoms with E-state index >= 15 is 0 Å². The molecule has 2 amide bonds. The number of aryl methyl sites for hydroxylation is 1. The van der Waals surface area contributed by atoms with Gasteiger partial charge in [0, 0.05) is 13.0 Å². The van der Waals surface area contributed by atoms with Crippen molar-refractivity contribution in [1.29, 1.82) is 0 Å². The molecule has 1 aromatic carbocycles. The van der Waals surface area contributed by atoms with Crippen LogP contribution in [0.2, 0.25) is 0 Å². The van der Waals surface area contributed by atoms with Crippen LogP contribution in [0, 0.1) is 6.92 Å². The van der Waals surface area contributed by atoms with Gasteiger partial charge in [-0.2, -0.15) is 0 Å². The highest BCUT2D eigenvalue weighted by molar-refractivity contribution is 5.77. The third kappa shape index (κ3) is 7.68. The van der Waals surface area contributed by atoms with Crippen LogP contribution in [0.4, 0.5) is 4.79 Å². The minimum atomic E-state index is -0.537. The summed E-state index contributed by atoms with van der Waals surface area (Å²) in [5, 5.41) is 5.58. The summed E-state index contributed by atoms with van der Waals surface area (Å²) in [5.74, 6) is -0.0894. The molecule has 0 spiro atoms. The first-order chi connectivity index (χ1) is 10.7. The van der Waals surface area contributed by atoms with E-state index in [1.165, 1.54) is 5.56 Å². The van der Waals surface area contributed by atoms with Crippen molar-refractivity contribution in [3.05, 3.63) is 35.4 Å².